The number of carboxylic acid groups (broad SMARTS) is 1. The summed E-state index contributed by atoms with van der Waals surface area (Å²) >= 11 is 0. The predicted octanol–water partition coefficient (Wildman–Crippen LogP) is -0.829. The Labute approximate surface area is 70.9 Å². The summed E-state index contributed by atoms with van der Waals surface area (Å²) in [6, 6.07) is -1.45. The zero-order valence-electron chi connectivity index (χ0n) is 7.20. The van der Waals surface area contributed by atoms with Crippen molar-refractivity contribution in [3.05, 3.63) is 0 Å². The molecule has 0 spiro atoms. The van der Waals surface area contributed by atoms with Gasteiger partial charge >= 0.3 is 5.97 Å². The molecule has 5 heteroatoms. The first-order chi connectivity index (χ1) is 5.45. The van der Waals surface area contributed by atoms with Crippen molar-refractivity contribution in [3.63, 3.8) is 0 Å². The van der Waals surface area contributed by atoms with Crippen LogP contribution in [0.4, 0.5) is 0 Å². The van der Waals surface area contributed by atoms with E-state index < -0.39 is 17.9 Å². The summed E-state index contributed by atoms with van der Waals surface area (Å²) in [6.07, 6.45) is 0. The second-order valence-electron chi connectivity index (χ2n) is 2.95. The molecular weight excluding hydrogens is 160 g/mol. The van der Waals surface area contributed by atoms with Crippen molar-refractivity contribution < 1.29 is 14.7 Å². The number of hydrogen-bond donors (Lipinski definition) is 3. The van der Waals surface area contributed by atoms with E-state index in [1.807, 2.05) is 13.8 Å². The van der Waals surface area contributed by atoms with Crippen LogP contribution in [0.5, 0.6) is 0 Å². The van der Waals surface area contributed by atoms with Gasteiger partial charge in [0, 0.05) is 6.54 Å². The lowest BCUT2D eigenvalue weighted by molar-refractivity contribution is -0.142. The third-order valence-corrected chi connectivity index (χ3v) is 1.23. The maximum Gasteiger partial charge on any atom is 0.330 e. The van der Waals surface area contributed by atoms with E-state index in [2.05, 4.69) is 5.32 Å². The number of rotatable bonds is 4. The van der Waals surface area contributed by atoms with Crippen LogP contribution in [-0.4, -0.2) is 29.6 Å². The predicted molar refractivity (Wildman–Crippen MR) is 43.5 cm³/mol. The van der Waals surface area contributed by atoms with Crippen LogP contribution in [-0.2, 0) is 9.59 Å². The average Bonchev–Trinajstić information content (AvgIpc) is 1.98. The third-order valence-electron chi connectivity index (χ3n) is 1.23. The van der Waals surface area contributed by atoms with Crippen molar-refractivity contribution in [3.8, 4) is 0 Å². The topological polar surface area (TPSA) is 92.4 Å². The first-order valence-corrected chi connectivity index (χ1v) is 3.71. The van der Waals surface area contributed by atoms with Crippen molar-refractivity contribution in [2.24, 2.45) is 11.7 Å². The minimum absolute atomic E-state index is 0.287. The molecule has 0 heterocycles. The summed E-state index contributed by atoms with van der Waals surface area (Å²) in [6.45, 7) is 4.26. The summed E-state index contributed by atoms with van der Waals surface area (Å²) in [5.74, 6) is -1.66. The molecule has 0 fully saturated rings. The fourth-order valence-electron chi connectivity index (χ4n) is 0.527. The molecule has 0 radical (unpaired) electrons. The minimum Gasteiger partial charge on any atom is -0.480 e. The largest absolute Gasteiger partial charge is 0.480 e. The quantitative estimate of drug-likeness (QED) is 0.485. The molecule has 1 unspecified atom stereocenters. The van der Waals surface area contributed by atoms with Crippen LogP contribution in [0.2, 0.25) is 0 Å². The van der Waals surface area contributed by atoms with Crippen molar-refractivity contribution in [2.75, 3.05) is 6.54 Å². The fourth-order valence-corrected chi connectivity index (χ4v) is 0.527. The van der Waals surface area contributed by atoms with Crippen molar-refractivity contribution >= 4 is 11.9 Å². The van der Waals surface area contributed by atoms with Crippen LogP contribution >= 0.6 is 0 Å². The summed E-state index contributed by atoms with van der Waals surface area (Å²) in [5.41, 5.74) is 5.03. The summed E-state index contributed by atoms with van der Waals surface area (Å²) < 4.78 is 0. The SMILES string of the molecule is CC(C)CNC(=O)C(N)C(=O)O. The summed E-state index contributed by atoms with van der Waals surface area (Å²) in [7, 11) is 0. The van der Waals surface area contributed by atoms with E-state index in [9.17, 15) is 9.59 Å². The fraction of sp³-hybridized carbons (Fsp3) is 0.714. The number of nitrogens with two attached hydrogens (primary N) is 1. The Kier molecular flexibility index (Phi) is 4.28. The standard InChI is InChI=1S/C7H14N2O3/c1-4(2)3-9-6(10)5(8)7(11)12/h4-5H,3,8H2,1-2H3,(H,9,10)(H,11,12). The lowest BCUT2D eigenvalue weighted by Crippen LogP contribution is -2.46. The number of carboxylic acids is 1. The molecule has 0 aromatic heterocycles. The van der Waals surface area contributed by atoms with Crippen molar-refractivity contribution in [2.45, 2.75) is 19.9 Å². The van der Waals surface area contributed by atoms with Gasteiger partial charge in [-0.05, 0) is 5.92 Å². The van der Waals surface area contributed by atoms with Crippen molar-refractivity contribution in [1.29, 1.82) is 0 Å². The molecule has 1 atom stereocenters. The van der Waals surface area contributed by atoms with E-state index in [0.29, 0.717) is 6.54 Å². The Morgan fingerprint density at radius 1 is 1.50 bits per heavy atom. The van der Waals surface area contributed by atoms with Gasteiger partial charge in [0.05, 0.1) is 0 Å². The van der Waals surface area contributed by atoms with Gasteiger partial charge in [-0.3, -0.25) is 4.79 Å². The van der Waals surface area contributed by atoms with Crippen LogP contribution in [0.15, 0.2) is 0 Å². The highest BCUT2D eigenvalue weighted by molar-refractivity contribution is 6.00. The molecule has 0 aliphatic heterocycles. The molecule has 0 bridgehead atoms. The second kappa shape index (κ2) is 4.71. The Morgan fingerprint density at radius 3 is 2.33 bits per heavy atom. The molecule has 1 amide bonds. The number of carbonyl (C=O) groups excluding carboxylic acids is 1. The highest BCUT2D eigenvalue weighted by Crippen LogP contribution is 1.88. The third kappa shape index (κ3) is 3.92. The molecule has 0 aliphatic carbocycles. The van der Waals surface area contributed by atoms with Crippen LogP contribution in [0.3, 0.4) is 0 Å². The Balaban J connectivity index is 3.80. The lowest BCUT2D eigenvalue weighted by atomic mass is 10.2. The number of nitrogens with one attached hydrogen (secondary N) is 1. The molecule has 0 aromatic rings. The first-order valence-electron chi connectivity index (χ1n) is 3.71. The van der Waals surface area contributed by atoms with Gasteiger partial charge in [0.25, 0.3) is 0 Å². The van der Waals surface area contributed by atoms with E-state index in [4.69, 9.17) is 10.8 Å². The average molecular weight is 174 g/mol. The molecule has 0 aromatic carbocycles. The number of amides is 1. The van der Waals surface area contributed by atoms with Gasteiger partial charge in [-0.25, -0.2) is 4.79 Å². The molecule has 4 N–H and O–H groups in total. The van der Waals surface area contributed by atoms with Gasteiger partial charge in [0.2, 0.25) is 5.91 Å². The number of carbonyl (C=O) groups is 2. The second-order valence-corrected chi connectivity index (χ2v) is 2.95. The summed E-state index contributed by atoms with van der Waals surface area (Å²) in [5, 5.41) is 10.8. The normalized spacial score (nSPS) is 12.7. The van der Waals surface area contributed by atoms with Crippen LogP contribution < -0.4 is 11.1 Å². The molecule has 0 rings (SSSR count). The minimum atomic E-state index is -1.45. The molecule has 70 valence electrons. The molecule has 0 aliphatic rings. The molecule has 0 saturated carbocycles. The van der Waals surface area contributed by atoms with E-state index >= 15 is 0 Å². The highest BCUT2D eigenvalue weighted by atomic mass is 16.4. The Hall–Kier alpha value is -1.10. The zero-order chi connectivity index (χ0) is 9.72. The zero-order valence-corrected chi connectivity index (χ0v) is 7.20. The highest BCUT2D eigenvalue weighted by Gasteiger charge is 2.20. The van der Waals surface area contributed by atoms with Gasteiger partial charge in [-0.15, -0.1) is 0 Å². The van der Waals surface area contributed by atoms with Gasteiger partial charge in [0.15, 0.2) is 6.04 Å². The lowest BCUT2D eigenvalue weighted by Gasteiger charge is -2.09. The van der Waals surface area contributed by atoms with Gasteiger partial charge in [-0.2, -0.15) is 0 Å². The number of hydrogen-bond acceptors (Lipinski definition) is 3. The van der Waals surface area contributed by atoms with Gasteiger partial charge in [-0.1, -0.05) is 13.8 Å². The maximum atomic E-state index is 10.9. The van der Waals surface area contributed by atoms with Crippen LogP contribution in [0.1, 0.15) is 13.8 Å². The van der Waals surface area contributed by atoms with Gasteiger partial charge < -0.3 is 16.2 Å². The van der Waals surface area contributed by atoms with Crippen LogP contribution in [0.25, 0.3) is 0 Å². The monoisotopic (exact) mass is 174 g/mol. The molecule has 5 nitrogen and oxygen atoms in total. The van der Waals surface area contributed by atoms with E-state index in [-0.39, 0.29) is 5.92 Å². The van der Waals surface area contributed by atoms with E-state index in [1.54, 1.807) is 0 Å². The Bertz CT molecular complexity index is 179. The smallest absolute Gasteiger partial charge is 0.330 e. The molecule has 0 saturated heterocycles. The van der Waals surface area contributed by atoms with Crippen LogP contribution in [0, 0.1) is 5.92 Å². The van der Waals surface area contributed by atoms with Gasteiger partial charge in [0.1, 0.15) is 0 Å². The van der Waals surface area contributed by atoms with Crippen molar-refractivity contribution in [1.82, 2.24) is 5.32 Å². The maximum absolute atomic E-state index is 10.9. The van der Waals surface area contributed by atoms with E-state index in [1.165, 1.54) is 0 Å². The first kappa shape index (κ1) is 10.9. The Morgan fingerprint density at radius 2 is 2.00 bits per heavy atom. The summed E-state index contributed by atoms with van der Waals surface area (Å²) in [4.78, 5) is 21.1. The van der Waals surface area contributed by atoms with E-state index in [0.717, 1.165) is 0 Å². The molecule has 12 heavy (non-hydrogen) atoms. The molecular formula is C7H14N2O3. The number of aliphatic carboxylic acids is 1.